The van der Waals surface area contributed by atoms with Crippen molar-refractivity contribution in [1.82, 2.24) is 0 Å². The summed E-state index contributed by atoms with van der Waals surface area (Å²) in [7, 11) is -3.16. The van der Waals surface area contributed by atoms with Crippen molar-refractivity contribution >= 4 is 27.2 Å². The Hall–Kier alpha value is -2.34. The average molecular weight is 342 g/mol. The first kappa shape index (κ1) is 15.2. The zero-order chi connectivity index (χ0) is 16.9. The fourth-order valence-electron chi connectivity index (χ4n) is 3.71. The van der Waals surface area contributed by atoms with Crippen LogP contribution >= 0.6 is 0 Å². The van der Waals surface area contributed by atoms with Crippen LogP contribution in [-0.4, -0.2) is 38.0 Å². The first-order valence-electron chi connectivity index (χ1n) is 7.91. The van der Waals surface area contributed by atoms with Crippen LogP contribution in [0.3, 0.4) is 0 Å². The number of aryl methyl sites for hydroxylation is 1. The lowest BCUT2D eigenvalue weighted by Gasteiger charge is -2.24. The summed E-state index contributed by atoms with van der Waals surface area (Å²) in [6.45, 7) is 1.94. The molecule has 0 aromatic heterocycles. The number of benzene rings is 2. The monoisotopic (exact) mass is 342 g/mol. The number of carbonyl (C=O) groups is 1. The van der Waals surface area contributed by atoms with Crippen LogP contribution in [0.25, 0.3) is 0 Å². The summed E-state index contributed by atoms with van der Waals surface area (Å²) in [5, 5.41) is 0. The normalized spacial score (nSPS) is 25.1. The summed E-state index contributed by atoms with van der Waals surface area (Å²) in [6.07, 6.45) is 0. The van der Waals surface area contributed by atoms with Gasteiger partial charge in [0, 0.05) is 11.4 Å². The third-order valence-electron chi connectivity index (χ3n) is 4.78. The maximum absolute atomic E-state index is 13.1. The number of para-hydroxylation sites is 2. The number of fused-ring (bicyclic) bond motifs is 1. The molecule has 0 bridgehead atoms. The molecular weight excluding hydrogens is 324 g/mol. The Balaban J connectivity index is 1.84. The van der Waals surface area contributed by atoms with Crippen LogP contribution < -0.4 is 9.80 Å². The van der Waals surface area contributed by atoms with Gasteiger partial charge < -0.3 is 0 Å². The first-order chi connectivity index (χ1) is 11.5. The van der Waals surface area contributed by atoms with Crippen LogP contribution in [0.1, 0.15) is 5.56 Å². The maximum atomic E-state index is 13.1. The lowest BCUT2D eigenvalue weighted by molar-refractivity contribution is 0.255. The summed E-state index contributed by atoms with van der Waals surface area (Å²) in [5.41, 5.74) is 2.49. The van der Waals surface area contributed by atoms with E-state index in [2.05, 4.69) is 0 Å². The van der Waals surface area contributed by atoms with E-state index < -0.39 is 9.84 Å². The van der Waals surface area contributed by atoms with E-state index in [0.717, 1.165) is 16.9 Å². The van der Waals surface area contributed by atoms with Gasteiger partial charge in [-0.1, -0.05) is 36.4 Å². The Labute approximate surface area is 141 Å². The minimum atomic E-state index is -3.16. The van der Waals surface area contributed by atoms with Crippen molar-refractivity contribution in [2.75, 3.05) is 21.3 Å². The minimum absolute atomic E-state index is 0.0146. The lowest BCUT2D eigenvalue weighted by atomic mass is 10.1. The van der Waals surface area contributed by atoms with E-state index in [1.807, 2.05) is 61.5 Å². The van der Waals surface area contributed by atoms with Crippen LogP contribution in [-0.2, 0) is 9.84 Å². The molecule has 2 aliphatic heterocycles. The van der Waals surface area contributed by atoms with Crippen molar-refractivity contribution in [3.8, 4) is 0 Å². The number of hydrogen-bond donors (Lipinski definition) is 0. The van der Waals surface area contributed by atoms with E-state index in [1.165, 1.54) is 0 Å². The van der Waals surface area contributed by atoms with Gasteiger partial charge >= 0.3 is 6.03 Å². The molecule has 0 aliphatic carbocycles. The number of hydrogen-bond acceptors (Lipinski definition) is 3. The van der Waals surface area contributed by atoms with Crippen LogP contribution in [0.15, 0.2) is 54.6 Å². The Morgan fingerprint density at radius 3 is 2.12 bits per heavy atom. The fraction of sp³-hybridized carbons (Fsp3) is 0.278. The third-order valence-corrected chi connectivity index (χ3v) is 6.48. The van der Waals surface area contributed by atoms with E-state index in [1.54, 1.807) is 9.80 Å². The van der Waals surface area contributed by atoms with E-state index >= 15 is 0 Å². The highest BCUT2D eigenvalue weighted by Gasteiger charge is 2.54. The Morgan fingerprint density at radius 2 is 1.46 bits per heavy atom. The Morgan fingerprint density at radius 1 is 0.875 bits per heavy atom. The van der Waals surface area contributed by atoms with Gasteiger partial charge in [-0.2, -0.15) is 0 Å². The van der Waals surface area contributed by atoms with Gasteiger partial charge in [0.05, 0.1) is 23.6 Å². The standard InChI is InChI=1S/C18H18N2O3S/c1-13-7-5-6-10-15(13)20-17-12-24(22,23)11-16(17)19(18(20)21)14-8-3-2-4-9-14/h2-10,16-17H,11-12H2,1H3. The van der Waals surface area contributed by atoms with Gasteiger partial charge in [-0.25, -0.2) is 13.2 Å². The number of anilines is 2. The van der Waals surface area contributed by atoms with Crippen LogP contribution in [0.4, 0.5) is 16.2 Å². The average Bonchev–Trinajstić information content (AvgIpc) is 2.98. The van der Waals surface area contributed by atoms with Crippen molar-refractivity contribution in [3.05, 3.63) is 60.2 Å². The van der Waals surface area contributed by atoms with E-state index in [0.29, 0.717) is 0 Å². The second-order valence-electron chi connectivity index (χ2n) is 6.36. The summed E-state index contributed by atoms with van der Waals surface area (Å²) < 4.78 is 24.4. The maximum Gasteiger partial charge on any atom is 0.329 e. The van der Waals surface area contributed by atoms with E-state index in [9.17, 15) is 13.2 Å². The van der Waals surface area contributed by atoms with Gasteiger partial charge in [0.2, 0.25) is 0 Å². The molecule has 4 rings (SSSR count). The van der Waals surface area contributed by atoms with Crippen molar-refractivity contribution in [1.29, 1.82) is 0 Å². The molecule has 2 atom stereocenters. The molecule has 0 spiro atoms. The summed E-state index contributed by atoms with van der Waals surface area (Å²) in [6, 6.07) is 16.1. The molecule has 2 aromatic carbocycles. The zero-order valence-electron chi connectivity index (χ0n) is 13.3. The molecule has 6 heteroatoms. The van der Waals surface area contributed by atoms with Gasteiger partial charge in [0.1, 0.15) is 0 Å². The predicted octanol–water partition coefficient (Wildman–Crippen LogP) is 2.61. The highest BCUT2D eigenvalue weighted by Crippen LogP contribution is 2.38. The number of nitrogens with zero attached hydrogens (tertiary/aromatic N) is 2. The number of urea groups is 1. The number of rotatable bonds is 2. The van der Waals surface area contributed by atoms with E-state index in [4.69, 9.17) is 0 Å². The quantitative estimate of drug-likeness (QED) is 0.788. The highest BCUT2D eigenvalue weighted by atomic mass is 32.2. The van der Waals surface area contributed by atoms with Crippen molar-refractivity contribution in [2.45, 2.75) is 19.0 Å². The van der Waals surface area contributed by atoms with Gasteiger partial charge in [-0.05, 0) is 30.7 Å². The molecule has 5 nitrogen and oxygen atoms in total. The number of sulfone groups is 1. The molecular formula is C18H18N2O3S. The Kier molecular flexibility index (Phi) is 3.38. The van der Waals surface area contributed by atoms with Crippen molar-refractivity contribution < 1.29 is 13.2 Å². The van der Waals surface area contributed by atoms with Crippen molar-refractivity contribution in [2.24, 2.45) is 0 Å². The minimum Gasteiger partial charge on any atom is -0.288 e. The zero-order valence-corrected chi connectivity index (χ0v) is 14.1. The third kappa shape index (κ3) is 2.29. The molecule has 2 fully saturated rings. The Bertz CT molecular complexity index is 895. The molecule has 0 saturated carbocycles. The van der Waals surface area contributed by atoms with Crippen molar-refractivity contribution in [3.63, 3.8) is 0 Å². The molecule has 0 N–H and O–H groups in total. The summed E-state index contributed by atoms with van der Waals surface area (Å²) in [5.74, 6) is 0.0295. The molecule has 2 heterocycles. The molecule has 2 aromatic rings. The molecule has 2 aliphatic rings. The molecule has 2 unspecified atom stereocenters. The predicted molar refractivity (Wildman–Crippen MR) is 94.2 cm³/mol. The van der Waals surface area contributed by atoms with Crippen LogP contribution in [0.2, 0.25) is 0 Å². The molecule has 24 heavy (non-hydrogen) atoms. The van der Waals surface area contributed by atoms with Crippen LogP contribution in [0, 0.1) is 6.92 Å². The molecule has 2 amide bonds. The summed E-state index contributed by atoms with van der Waals surface area (Å²) in [4.78, 5) is 16.4. The van der Waals surface area contributed by atoms with E-state index in [-0.39, 0.29) is 29.6 Å². The largest absolute Gasteiger partial charge is 0.329 e. The second-order valence-corrected chi connectivity index (χ2v) is 8.51. The second kappa shape index (κ2) is 5.34. The van der Waals surface area contributed by atoms with Gasteiger partial charge in [-0.3, -0.25) is 9.80 Å². The van der Waals surface area contributed by atoms with Gasteiger partial charge in [0.25, 0.3) is 0 Å². The first-order valence-corrected chi connectivity index (χ1v) is 9.73. The van der Waals surface area contributed by atoms with Gasteiger partial charge in [-0.15, -0.1) is 0 Å². The number of amides is 2. The summed E-state index contributed by atoms with van der Waals surface area (Å²) >= 11 is 0. The van der Waals surface area contributed by atoms with Crippen LogP contribution in [0.5, 0.6) is 0 Å². The molecule has 124 valence electrons. The lowest BCUT2D eigenvalue weighted by Crippen LogP contribution is -2.38. The van der Waals surface area contributed by atoms with Gasteiger partial charge in [0.15, 0.2) is 9.84 Å². The number of carbonyl (C=O) groups excluding carboxylic acids is 1. The topological polar surface area (TPSA) is 57.7 Å². The molecule has 2 saturated heterocycles. The SMILES string of the molecule is Cc1ccccc1N1C(=O)N(c2ccccc2)C2CS(=O)(=O)CC21. The smallest absolute Gasteiger partial charge is 0.288 e. The molecule has 0 radical (unpaired) electrons. The highest BCUT2D eigenvalue weighted by molar-refractivity contribution is 7.91. The fourth-order valence-corrected chi connectivity index (χ4v) is 5.63.